The van der Waals surface area contributed by atoms with Crippen molar-refractivity contribution in [1.82, 2.24) is 0 Å². The molecule has 25 heavy (non-hydrogen) atoms. The molecular weight excluding hydrogens is 454 g/mol. The van der Waals surface area contributed by atoms with E-state index in [9.17, 15) is 0 Å². The van der Waals surface area contributed by atoms with E-state index in [2.05, 4.69) is 107 Å². The van der Waals surface area contributed by atoms with E-state index in [1.54, 1.807) is 8.87 Å². The maximum absolute atomic E-state index is 2.33. The SMILES string of the molecule is c1ccc(C(SC(c2ccccc2)c2ccc[se]2)c2ccc[se]2)cc1. The van der Waals surface area contributed by atoms with Gasteiger partial charge in [-0.25, -0.2) is 0 Å². The van der Waals surface area contributed by atoms with Crippen LogP contribution in [0.2, 0.25) is 0 Å². The molecule has 0 amide bonds. The third-order valence-electron chi connectivity index (χ3n) is 4.08. The molecule has 2 unspecified atom stereocenters. The summed E-state index contributed by atoms with van der Waals surface area (Å²) in [6.07, 6.45) is 0. The second-order valence-electron chi connectivity index (χ2n) is 5.75. The van der Waals surface area contributed by atoms with Crippen molar-refractivity contribution in [2.45, 2.75) is 10.5 Å². The molecule has 0 spiro atoms. The molecule has 2 aromatic heterocycles. The summed E-state index contributed by atoms with van der Waals surface area (Å²) in [4.78, 5) is 4.66. The van der Waals surface area contributed by atoms with Crippen LogP contribution in [0.15, 0.2) is 94.8 Å². The molecule has 0 aliphatic carbocycles. The first kappa shape index (κ1) is 17.2. The van der Waals surface area contributed by atoms with E-state index in [1.807, 2.05) is 0 Å². The summed E-state index contributed by atoms with van der Waals surface area (Å²) in [5.74, 6) is 0. The van der Waals surface area contributed by atoms with Crippen LogP contribution in [-0.4, -0.2) is 29.0 Å². The minimum absolute atomic E-state index is 0.429. The Hall–Kier alpha value is -1.21. The molecule has 4 rings (SSSR count). The van der Waals surface area contributed by atoms with Crippen LogP contribution in [0.25, 0.3) is 0 Å². The Morgan fingerprint density at radius 3 is 1.32 bits per heavy atom. The van der Waals surface area contributed by atoms with Crippen LogP contribution < -0.4 is 0 Å². The van der Waals surface area contributed by atoms with Crippen LogP contribution in [0.1, 0.15) is 30.5 Å². The monoisotopic (exact) mass is 474 g/mol. The third-order valence-corrected chi connectivity index (χ3v) is 10.3. The van der Waals surface area contributed by atoms with Gasteiger partial charge in [0.25, 0.3) is 0 Å². The van der Waals surface area contributed by atoms with E-state index in [-0.39, 0.29) is 0 Å². The van der Waals surface area contributed by atoms with E-state index in [4.69, 9.17) is 0 Å². The van der Waals surface area contributed by atoms with Gasteiger partial charge in [0.2, 0.25) is 0 Å². The van der Waals surface area contributed by atoms with Crippen molar-refractivity contribution >= 4 is 40.8 Å². The molecule has 2 heterocycles. The van der Waals surface area contributed by atoms with Gasteiger partial charge in [0, 0.05) is 0 Å². The number of benzene rings is 2. The van der Waals surface area contributed by atoms with Crippen molar-refractivity contribution in [2.24, 2.45) is 0 Å². The molecule has 0 saturated carbocycles. The third kappa shape index (κ3) is 4.14. The molecule has 2 aromatic carbocycles. The standard InChI is InChI=1S/C22H18SSe2/c1-3-9-17(10-4-1)21(19-13-7-15-24-19)23-22(20-14-8-16-25-20)18-11-5-2-6-12-18/h1-16,21-22H. The van der Waals surface area contributed by atoms with Crippen molar-refractivity contribution in [3.8, 4) is 0 Å². The molecule has 0 saturated heterocycles. The predicted molar refractivity (Wildman–Crippen MR) is 111 cm³/mol. The van der Waals surface area contributed by atoms with Crippen molar-refractivity contribution < 1.29 is 0 Å². The van der Waals surface area contributed by atoms with E-state index < -0.39 is 0 Å². The second-order valence-corrected chi connectivity index (χ2v) is 11.1. The molecule has 0 bridgehead atoms. The molecule has 0 aliphatic rings. The first-order valence-corrected chi connectivity index (χ1v) is 12.9. The molecule has 2 atom stereocenters. The predicted octanol–water partition coefficient (Wildman–Crippen LogP) is 5.41. The van der Waals surface area contributed by atoms with Gasteiger partial charge in [0.1, 0.15) is 0 Å². The fraction of sp³-hybridized carbons (Fsp3) is 0.0909. The van der Waals surface area contributed by atoms with Crippen LogP contribution in [0.3, 0.4) is 0 Å². The normalized spacial score (nSPS) is 13.4. The van der Waals surface area contributed by atoms with Gasteiger partial charge in [-0.15, -0.1) is 0 Å². The Morgan fingerprint density at radius 1 is 0.520 bits per heavy atom. The number of rotatable bonds is 6. The van der Waals surface area contributed by atoms with E-state index in [0.717, 1.165) is 0 Å². The summed E-state index contributed by atoms with van der Waals surface area (Å²) in [6, 6.07) is 31.1. The summed E-state index contributed by atoms with van der Waals surface area (Å²) < 4.78 is 3.15. The molecule has 3 heteroatoms. The Labute approximate surface area is 165 Å². The van der Waals surface area contributed by atoms with Gasteiger partial charge in [-0.05, 0) is 0 Å². The number of hydrogen-bond donors (Lipinski definition) is 0. The van der Waals surface area contributed by atoms with Crippen molar-refractivity contribution in [1.29, 1.82) is 0 Å². The van der Waals surface area contributed by atoms with Gasteiger partial charge in [-0.1, -0.05) is 0 Å². The van der Waals surface area contributed by atoms with E-state index in [0.29, 0.717) is 39.5 Å². The van der Waals surface area contributed by atoms with E-state index >= 15 is 0 Å². The van der Waals surface area contributed by atoms with Crippen LogP contribution in [0, 0.1) is 0 Å². The quantitative estimate of drug-likeness (QED) is 0.338. The summed E-state index contributed by atoms with van der Waals surface area (Å²) in [6.45, 7) is 0. The van der Waals surface area contributed by atoms with Crippen molar-refractivity contribution in [3.63, 3.8) is 0 Å². The molecule has 0 radical (unpaired) electrons. The molecule has 4 aromatic rings. The first-order valence-electron chi connectivity index (χ1n) is 8.24. The number of hydrogen-bond acceptors (Lipinski definition) is 1. The van der Waals surface area contributed by atoms with Crippen LogP contribution in [-0.2, 0) is 0 Å². The van der Waals surface area contributed by atoms with E-state index in [1.165, 1.54) is 11.1 Å². The Morgan fingerprint density at radius 2 is 0.960 bits per heavy atom. The zero-order valence-corrected chi connectivity index (χ0v) is 17.9. The van der Waals surface area contributed by atoms with Gasteiger partial charge in [-0.3, -0.25) is 0 Å². The Balaban J connectivity index is 1.74. The summed E-state index contributed by atoms with van der Waals surface area (Å²) in [7, 11) is 0. The summed E-state index contributed by atoms with van der Waals surface area (Å²) in [5.41, 5.74) is 2.84. The van der Waals surface area contributed by atoms with Gasteiger partial charge >= 0.3 is 166 Å². The van der Waals surface area contributed by atoms with Crippen LogP contribution in [0.4, 0.5) is 0 Å². The van der Waals surface area contributed by atoms with Crippen LogP contribution in [0.5, 0.6) is 0 Å². The Kier molecular flexibility index (Phi) is 5.82. The minimum atomic E-state index is 0.429. The van der Waals surface area contributed by atoms with Crippen molar-refractivity contribution in [2.75, 3.05) is 0 Å². The molecular formula is C22H18SSe2. The van der Waals surface area contributed by atoms with Crippen molar-refractivity contribution in [3.05, 3.63) is 115 Å². The summed E-state index contributed by atoms with van der Waals surface area (Å²) in [5, 5.41) is 0.859. The second kappa shape index (κ2) is 8.45. The van der Waals surface area contributed by atoms with Gasteiger partial charge in [0.15, 0.2) is 0 Å². The zero-order valence-electron chi connectivity index (χ0n) is 13.6. The molecule has 0 aliphatic heterocycles. The topological polar surface area (TPSA) is 0 Å². The van der Waals surface area contributed by atoms with Gasteiger partial charge in [0.05, 0.1) is 0 Å². The first-order chi connectivity index (χ1) is 12.4. The Bertz CT molecular complexity index is 793. The molecule has 124 valence electrons. The average molecular weight is 472 g/mol. The maximum atomic E-state index is 2.33. The zero-order chi connectivity index (χ0) is 16.9. The number of thioether (sulfide) groups is 1. The van der Waals surface area contributed by atoms with Gasteiger partial charge < -0.3 is 0 Å². The fourth-order valence-electron chi connectivity index (χ4n) is 2.89. The fourth-order valence-corrected chi connectivity index (χ4v) is 8.56. The molecule has 0 fully saturated rings. The summed E-state index contributed by atoms with van der Waals surface area (Å²) >= 11 is 3.05. The van der Waals surface area contributed by atoms with Gasteiger partial charge in [-0.2, -0.15) is 0 Å². The average Bonchev–Trinajstić information content (AvgIpc) is 3.38. The molecule has 0 nitrogen and oxygen atoms in total. The van der Waals surface area contributed by atoms with Crippen LogP contribution >= 0.6 is 11.8 Å². The molecule has 0 N–H and O–H groups in total.